The summed E-state index contributed by atoms with van der Waals surface area (Å²) in [6, 6.07) is 9.28. The van der Waals surface area contributed by atoms with Gasteiger partial charge in [-0.25, -0.2) is 19.4 Å². The van der Waals surface area contributed by atoms with Crippen LogP contribution in [0.15, 0.2) is 47.6 Å². The van der Waals surface area contributed by atoms with Crippen molar-refractivity contribution >= 4 is 33.3 Å². The van der Waals surface area contributed by atoms with E-state index in [2.05, 4.69) is 44.3 Å². The number of ether oxygens (including phenoxy) is 2. The molecule has 51 heavy (non-hydrogen) atoms. The number of nitrogens with zero attached hydrogens (tertiary/aromatic N) is 4. The summed E-state index contributed by atoms with van der Waals surface area (Å²) in [6.07, 6.45) is 17.3. The summed E-state index contributed by atoms with van der Waals surface area (Å²) in [4.78, 5) is 21.6. The maximum atomic E-state index is 13.1. The number of nitrogens with one attached hydrogen (secondary N) is 3. The van der Waals surface area contributed by atoms with Crippen LogP contribution in [0.4, 0.5) is 5.82 Å². The molecule has 0 bridgehead atoms. The van der Waals surface area contributed by atoms with E-state index in [1.807, 2.05) is 0 Å². The van der Waals surface area contributed by atoms with E-state index in [4.69, 9.17) is 21.1 Å². The molecular weight excluding hydrogens is 690 g/mol. The first kappa shape index (κ1) is 37.5. The fourth-order valence-corrected chi connectivity index (χ4v) is 9.20. The van der Waals surface area contributed by atoms with E-state index < -0.39 is 15.9 Å². The van der Waals surface area contributed by atoms with E-state index in [9.17, 15) is 13.2 Å². The molecule has 3 fully saturated rings. The maximum absolute atomic E-state index is 13.1. The Hall–Kier alpha value is -3.26. The molecule has 1 aliphatic heterocycles. The zero-order valence-electron chi connectivity index (χ0n) is 29.8. The van der Waals surface area contributed by atoms with Crippen LogP contribution in [0.3, 0.4) is 0 Å². The average Bonchev–Trinajstić information content (AvgIpc) is 3.75. The predicted molar refractivity (Wildman–Crippen MR) is 197 cm³/mol. The molecule has 2 aliphatic carbocycles. The Morgan fingerprint density at radius 2 is 1.73 bits per heavy atom. The number of carbonyl (C=O) groups is 1. The molecule has 6 rings (SSSR count). The molecule has 1 unspecified atom stereocenters. The van der Waals surface area contributed by atoms with Gasteiger partial charge in [0.05, 0.1) is 24.9 Å². The van der Waals surface area contributed by atoms with Crippen LogP contribution in [0.25, 0.3) is 5.82 Å². The van der Waals surface area contributed by atoms with Gasteiger partial charge in [0.2, 0.25) is 5.88 Å². The van der Waals surface area contributed by atoms with Crippen molar-refractivity contribution in [3.05, 3.63) is 53.3 Å². The first-order valence-corrected chi connectivity index (χ1v) is 20.4. The largest absolute Gasteiger partial charge is 0.477 e. The highest BCUT2D eigenvalue weighted by Gasteiger charge is 2.32. The topological polar surface area (TPSA) is 149 Å². The normalized spacial score (nSPS) is 20.0. The van der Waals surface area contributed by atoms with Crippen molar-refractivity contribution in [3.8, 4) is 11.7 Å². The lowest BCUT2D eigenvalue weighted by Crippen LogP contribution is -2.31. The van der Waals surface area contributed by atoms with Gasteiger partial charge >= 0.3 is 0 Å². The molecule has 12 nitrogen and oxygen atoms in total. The standard InChI is InChI=1S/C37H52ClN7O5S/c1-37(2)24-28(25-40-37)49-23-20-39-31-14-9-15-34(41-31)51(47,48)44-36(46)30-16-17-32(42-35(30)38)45-21-18-33(43-45)50-22-19-29(26-10-5-3-6-11-26)27-12-7-4-8-13-27/h9,14-18,21,26-29,40H,3-8,10-13,19-20,22-25H2,1-2H3,(H,39,41)(H,44,46). The summed E-state index contributed by atoms with van der Waals surface area (Å²) in [6.45, 7) is 6.57. The van der Waals surface area contributed by atoms with Crippen LogP contribution in [0, 0.1) is 17.8 Å². The van der Waals surface area contributed by atoms with E-state index in [0.717, 1.165) is 31.2 Å². The van der Waals surface area contributed by atoms with E-state index in [1.165, 1.54) is 81.0 Å². The Kier molecular flexibility index (Phi) is 12.5. The van der Waals surface area contributed by atoms with Crippen molar-refractivity contribution in [1.29, 1.82) is 0 Å². The minimum atomic E-state index is -4.30. The number of aromatic nitrogens is 4. The smallest absolute Gasteiger partial charge is 0.281 e. The molecule has 0 aromatic carbocycles. The third-order valence-corrected chi connectivity index (χ3v) is 12.1. The molecule has 3 aliphatic rings. The van der Waals surface area contributed by atoms with Crippen LogP contribution in [-0.4, -0.2) is 72.0 Å². The maximum Gasteiger partial charge on any atom is 0.281 e. The van der Waals surface area contributed by atoms with Crippen molar-refractivity contribution < 1.29 is 22.7 Å². The Bertz CT molecular complexity index is 1710. The lowest BCUT2D eigenvalue weighted by molar-refractivity contribution is 0.0706. The van der Waals surface area contributed by atoms with Gasteiger partial charge in [-0.2, -0.15) is 8.42 Å². The predicted octanol–water partition coefficient (Wildman–Crippen LogP) is 6.55. The third-order valence-electron chi connectivity index (χ3n) is 10.6. The second kappa shape index (κ2) is 17.0. The number of halogens is 1. The van der Waals surface area contributed by atoms with Crippen LogP contribution in [0.1, 0.15) is 101 Å². The lowest BCUT2D eigenvalue weighted by atomic mass is 9.68. The van der Waals surface area contributed by atoms with Crippen molar-refractivity contribution in [1.82, 2.24) is 29.8 Å². The first-order valence-electron chi connectivity index (χ1n) is 18.6. The molecule has 0 spiro atoms. The Balaban J connectivity index is 1.01. The van der Waals surface area contributed by atoms with Gasteiger partial charge in [0.1, 0.15) is 11.0 Å². The molecule has 2 saturated carbocycles. The van der Waals surface area contributed by atoms with Gasteiger partial charge in [-0.3, -0.25) is 4.79 Å². The Labute approximate surface area is 306 Å². The minimum Gasteiger partial charge on any atom is -0.477 e. The molecule has 1 atom stereocenters. The lowest BCUT2D eigenvalue weighted by Gasteiger charge is -2.38. The van der Waals surface area contributed by atoms with Crippen LogP contribution in [0.5, 0.6) is 5.88 Å². The van der Waals surface area contributed by atoms with Crippen LogP contribution >= 0.6 is 11.6 Å². The molecule has 1 saturated heterocycles. The monoisotopic (exact) mass is 741 g/mol. The van der Waals surface area contributed by atoms with Crippen LogP contribution < -0.4 is 20.1 Å². The van der Waals surface area contributed by atoms with E-state index in [-0.39, 0.29) is 27.4 Å². The summed E-state index contributed by atoms with van der Waals surface area (Å²) in [5.41, 5.74) is -0.0419. The fourth-order valence-electron chi connectivity index (χ4n) is 8.03. The van der Waals surface area contributed by atoms with Crippen molar-refractivity contribution in [2.45, 2.75) is 108 Å². The third kappa shape index (κ3) is 10.2. The Morgan fingerprint density at radius 1 is 1.00 bits per heavy atom. The molecule has 1 amide bonds. The highest BCUT2D eigenvalue weighted by Crippen LogP contribution is 2.41. The molecule has 278 valence electrons. The van der Waals surface area contributed by atoms with Gasteiger partial charge in [0, 0.05) is 30.9 Å². The van der Waals surface area contributed by atoms with Gasteiger partial charge in [-0.05, 0) is 68.7 Å². The van der Waals surface area contributed by atoms with Gasteiger partial charge in [-0.15, -0.1) is 5.10 Å². The van der Waals surface area contributed by atoms with E-state index >= 15 is 0 Å². The van der Waals surface area contributed by atoms with E-state index in [0.29, 0.717) is 43.2 Å². The number of amides is 1. The molecule has 4 heterocycles. The summed E-state index contributed by atoms with van der Waals surface area (Å²) in [5.74, 6) is 2.62. The highest BCUT2D eigenvalue weighted by atomic mass is 35.5. The number of pyridine rings is 2. The van der Waals surface area contributed by atoms with Crippen LogP contribution in [-0.2, 0) is 14.8 Å². The molecule has 14 heteroatoms. The Morgan fingerprint density at radius 3 is 2.39 bits per heavy atom. The molecular formula is C37H52ClN7O5S. The van der Waals surface area contributed by atoms with Gasteiger partial charge < -0.3 is 20.1 Å². The van der Waals surface area contributed by atoms with Crippen molar-refractivity contribution in [3.63, 3.8) is 0 Å². The second-order valence-electron chi connectivity index (χ2n) is 14.9. The minimum absolute atomic E-state index is 0.0552. The molecule has 3 N–H and O–H groups in total. The van der Waals surface area contributed by atoms with Crippen molar-refractivity contribution in [2.24, 2.45) is 17.8 Å². The fraction of sp³-hybridized carbons (Fsp3) is 0.622. The summed E-state index contributed by atoms with van der Waals surface area (Å²) >= 11 is 6.40. The number of hydrogen-bond acceptors (Lipinski definition) is 10. The number of rotatable bonds is 15. The number of carbonyl (C=O) groups excluding carboxylic acids is 1. The van der Waals surface area contributed by atoms with Gasteiger partial charge in [-0.1, -0.05) is 81.9 Å². The summed E-state index contributed by atoms with van der Waals surface area (Å²) < 4.78 is 41.8. The first-order chi connectivity index (χ1) is 24.6. The number of sulfonamides is 1. The van der Waals surface area contributed by atoms with Crippen molar-refractivity contribution in [2.75, 3.05) is 31.6 Å². The zero-order chi connectivity index (χ0) is 35.8. The van der Waals surface area contributed by atoms with Gasteiger partial charge in [0.15, 0.2) is 10.8 Å². The summed E-state index contributed by atoms with van der Waals surface area (Å²) in [5, 5.41) is 10.6. The number of anilines is 1. The summed E-state index contributed by atoms with van der Waals surface area (Å²) in [7, 11) is -4.30. The second-order valence-corrected chi connectivity index (χ2v) is 16.9. The number of hydrogen-bond donors (Lipinski definition) is 3. The molecule has 3 aromatic rings. The van der Waals surface area contributed by atoms with E-state index in [1.54, 1.807) is 30.5 Å². The van der Waals surface area contributed by atoms with Crippen LogP contribution in [0.2, 0.25) is 5.15 Å². The van der Waals surface area contributed by atoms with Gasteiger partial charge in [0.25, 0.3) is 15.9 Å². The molecule has 3 aromatic heterocycles. The molecule has 0 radical (unpaired) electrons. The average molecular weight is 742 g/mol. The SMILES string of the molecule is CC1(C)CC(OCCNc2cccc(S(=O)(=O)NC(=O)c3ccc(-n4ccc(OCCC(C5CCCCC5)C5CCCCC5)n4)nc3Cl)n2)CN1. The zero-order valence-corrected chi connectivity index (χ0v) is 31.4. The quantitative estimate of drug-likeness (QED) is 0.116. The highest BCUT2D eigenvalue weighted by molar-refractivity contribution is 7.90.